The Bertz CT molecular complexity index is 1990. The minimum Gasteiger partial charge on any atom is -0.338 e. The van der Waals surface area contributed by atoms with Gasteiger partial charge in [0.1, 0.15) is 0 Å². The fourth-order valence-corrected chi connectivity index (χ4v) is 8.49. The van der Waals surface area contributed by atoms with Crippen molar-refractivity contribution in [3.05, 3.63) is 67.0 Å². The quantitative estimate of drug-likeness (QED) is 0.244. The number of hydrogen-bond acceptors (Lipinski definition) is 4. The highest BCUT2D eigenvalue weighted by Crippen LogP contribution is 2.49. The highest BCUT2D eigenvalue weighted by Gasteiger charge is 2.28. The summed E-state index contributed by atoms with van der Waals surface area (Å²) in [6, 6.07) is 8.50. The van der Waals surface area contributed by atoms with Crippen molar-refractivity contribution in [2.24, 2.45) is 5.92 Å². The van der Waals surface area contributed by atoms with Crippen LogP contribution in [-0.2, 0) is 6.54 Å². The fraction of sp³-hybridized carbons (Fsp3) is 0.267. The first-order valence-corrected chi connectivity index (χ1v) is 13.7. The largest absolute Gasteiger partial charge is 0.338 e. The van der Waals surface area contributed by atoms with Crippen molar-refractivity contribution >= 4 is 84.8 Å². The molecule has 7 rings (SSSR count). The average molecular weight is 496 g/mol. The fourth-order valence-electron chi connectivity index (χ4n) is 5.81. The summed E-state index contributed by atoms with van der Waals surface area (Å²) in [5.41, 5.74) is 7.34. The van der Waals surface area contributed by atoms with E-state index in [0.717, 1.165) is 68.8 Å². The van der Waals surface area contributed by atoms with Gasteiger partial charge in [0.2, 0.25) is 10.9 Å². The molecule has 0 unspecified atom stereocenters. The molecule has 0 radical (unpaired) electrons. The van der Waals surface area contributed by atoms with E-state index in [1.807, 2.05) is 0 Å². The second-order valence-corrected chi connectivity index (χ2v) is 12.6. The molecule has 0 fully saturated rings. The van der Waals surface area contributed by atoms with Gasteiger partial charge >= 0.3 is 0 Å². The smallest absolute Gasteiger partial charge is 0.204 e. The molecule has 0 atom stereocenters. The van der Waals surface area contributed by atoms with Crippen molar-refractivity contribution in [2.75, 3.05) is 0 Å². The number of aromatic nitrogens is 1. The van der Waals surface area contributed by atoms with Crippen LogP contribution in [0.3, 0.4) is 0 Å². The normalized spacial score (nSPS) is 12.9. The number of hydrogen-bond donors (Lipinski definition) is 0. The summed E-state index contributed by atoms with van der Waals surface area (Å²) in [4.78, 5) is 26.9. The van der Waals surface area contributed by atoms with Crippen molar-refractivity contribution in [2.45, 2.75) is 48.1 Å². The lowest BCUT2D eigenvalue weighted by Gasteiger charge is -2.10. The molecule has 35 heavy (non-hydrogen) atoms. The maximum absolute atomic E-state index is 13.5. The molecule has 5 heteroatoms. The third-order valence-electron chi connectivity index (χ3n) is 7.77. The topological polar surface area (TPSA) is 39.1 Å². The second-order valence-electron chi connectivity index (χ2n) is 10.6. The molecule has 0 amide bonds. The molecular formula is C30H25NO2S2. The Kier molecular flexibility index (Phi) is 4.14. The molecule has 0 spiro atoms. The van der Waals surface area contributed by atoms with Gasteiger partial charge in [-0.3, -0.25) is 9.59 Å². The lowest BCUT2D eigenvalue weighted by atomic mass is 10.0. The number of rotatable bonds is 2. The van der Waals surface area contributed by atoms with E-state index < -0.39 is 0 Å². The average Bonchev–Trinajstić information content (AvgIpc) is 3.54. The first-order valence-electron chi connectivity index (χ1n) is 12.1. The van der Waals surface area contributed by atoms with Gasteiger partial charge in [-0.25, -0.2) is 0 Å². The molecule has 3 nitrogen and oxygen atoms in total. The summed E-state index contributed by atoms with van der Waals surface area (Å²) in [5, 5.41) is 5.97. The highest BCUT2D eigenvalue weighted by atomic mass is 32.1. The Morgan fingerprint density at radius 1 is 0.629 bits per heavy atom. The number of aryl methyl sites for hydroxylation is 4. The summed E-state index contributed by atoms with van der Waals surface area (Å²) >= 11 is 3.23. The molecular weight excluding hydrogens is 470 g/mol. The van der Waals surface area contributed by atoms with Crippen LogP contribution in [0.25, 0.3) is 62.2 Å². The number of thiophene rings is 2. The predicted molar refractivity (Wildman–Crippen MR) is 154 cm³/mol. The molecule has 0 N–H and O–H groups in total. The first kappa shape index (κ1) is 21.3. The number of benzene rings is 2. The van der Waals surface area contributed by atoms with E-state index in [0.29, 0.717) is 5.92 Å². The Balaban J connectivity index is 1.76. The van der Waals surface area contributed by atoms with Crippen LogP contribution in [0, 0.1) is 33.6 Å². The molecule has 0 aliphatic carbocycles. The van der Waals surface area contributed by atoms with Crippen molar-refractivity contribution in [1.29, 1.82) is 0 Å². The Morgan fingerprint density at radius 2 is 1.00 bits per heavy atom. The maximum atomic E-state index is 13.5. The molecule has 3 aromatic heterocycles. The van der Waals surface area contributed by atoms with Crippen LogP contribution in [0.5, 0.6) is 0 Å². The van der Waals surface area contributed by atoms with Crippen LogP contribution < -0.4 is 10.9 Å². The minimum absolute atomic E-state index is 0.139. The molecule has 0 bridgehead atoms. The van der Waals surface area contributed by atoms with Crippen LogP contribution in [0.2, 0.25) is 0 Å². The Hall–Kier alpha value is -3.02. The Labute approximate surface area is 209 Å². The van der Waals surface area contributed by atoms with E-state index >= 15 is 0 Å². The van der Waals surface area contributed by atoms with Crippen LogP contribution in [0.4, 0.5) is 0 Å². The van der Waals surface area contributed by atoms with E-state index in [-0.39, 0.29) is 10.9 Å². The molecule has 0 aliphatic rings. The van der Waals surface area contributed by atoms with E-state index in [2.05, 4.69) is 70.4 Å². The second kappa shape index (κ2) is 6.80. The van der Waals surface area contributed by atoms with Crippen LogP contribution in [0.1, 0.15) is 36.1 Å². The third-order valence-corrected chi connectivity index (χ3v) is 10.3. The summed E-state index contributed by atoms with van der Waals surface area (Å²) < 4.78 is 6.43. The van der Waals surface area contributed by atoms with Crippen molar-refractivity contribution in [3.63, 3.8) is 0 Å². The van der Waals surface area contributed by atoms with Gasteiger partial charge in [0.15, 0.2) is 0 Å². The zero-order valence-corrected chi connectivity index (χ0v) is 22.3. The van der Waals surface area contributed by atoms with Crippen LogP contribution >= 0.6 is 22.7 Å². The van der Waals surface area contributed by atoms with Gasteiger partial charge in [0.05, 0.1) is 29.8 Å². The van der Waals surface area contributed by atoms with Gasteiger partial charge in [0, 0.05) is 28.1 Å². The molecule has 0 saturated heterocycles. The summed E-state index contributed by atoms with van der Waals surface area (Å²) in [6.07, 6.45) is 0. The van der Waals surface area contributed by atoms with Crippen molar-refractivity contribution in [1.82, 2.24) is 4.57 Å². The SMILES string of the molecule is Cc1cc2c(=O)c3sc4c5sc6c(=O)c7cc(C)c(C)cc7c6c5n(CC(C)C)c4c3c2cc1C. The van der Waals surface area contributed by atoms with E-state index in [4.69, 9.17) is 0 Å². The van der Waals surface area contributed by atoms with E-state index in [1.54, 1.807) is 22.7 Å². The van der Waals surface area contributed by atoms with Gasteiger partial charge < -0.3 is 4.57 Å². The monoisotopic (exact) mass is 495 g/mol. The molecule has 174 valence electrons. The van der Waals surface area contributed by atoms with Gasteiger partial charge in [-0.1, -0.05) is 26.0 Å². The lowest BCUT2D eigenvalue weighted by molar-refractivity contribution is 0.547. The molecule has 4 aromatic carbocycles. The molecule has 0 saturated carbocycles. The van der Waals surface area contributed by atoms with E-state index in [9.17, 15) is 9.59 Å². The molecule has 7 aromatic rings. The zero-order valence-electron chi connectivity index (χ0n) is 20.7. The van der Waals surface area contributed by atoms with Crippen molar-refractivity contribution < 1.29 is 0 Å². The van der Waals surface area contributed by atoms with Crippen LogP contribution in [-0.4, -0.2) is 4.57 Å². The summed E-state index contributed by atoms with van der Waals surface area (Å²) in [5.74, 6) is 0.424. The third kappa shape index (κ3) is 2.55. The maximum Gasteiger partial charge on any atom is 0.204 e. The zero-order chi connectivity index (χ0) is 24.5. The minimum atomic E-state index is 0.139. The lowest BCUT2D eigenvalue weighted by Crippen LogP contribution is -2.03. The standard InChI is InChI=1S/C30H25NO2S2/c1-12(2)11-31-23-21-17-7-13(3)15(5)9-19(17)25(32)27(21)34-29(23)30-24(31)22-18-8-14(4)16(6)10-20(18)26(33)28(22)35-30/h7-10,12H,11H2,1-6H3. The van der Waals surface area contributed by atoms with Gasteiger partial charge in [-0.2, -0.15) is 0 Å². The first-order chi connectivity index (χ1) is 16.7. The molecule has 3 heterocycles. The van der Waals surface area contributed by atoms with Gasteiger partial charge in [-0.05, 0) is 78.8 Å². The Morgan fingerprint density at radius 3 is 1.37 bits per heavy atom. The predicted octanol–water partition coefficient (Wildman–Crippen LogP) is 8.02. The van der Waals surface area contributed by atoms with E-state index in [1.165, 1.54) is 22.2 Å². The van der Waals surface area contributed by atoms with Crippen LogP contribution in [0.15, 0.2) is 33.9 Å². The number of fused-ring (bicyclic) bond motifs is 11. The number of nitrogens with zero attached hydrogens (tertiary/aromatic N) is 1. The summed E-state index contributed by atoms with van der Waals surface area (Å²) in [7, 11) is 0. The van der Waals surface area contributed by atoms with Gasteiger partial charge in [0.25, 0.3) is 0 Å². The van der Waals surface area contributed by atoms with Crippen molar-refractivity contribution in [3.8, 4) is 0 Å². The highest BCUT2D eigenvalue weighted by molar-refractivity contribution is 7.34. The molecule has 0 aliphatic heterocycles. The van der Waals surface area contributed by atoms with Gasteiger partial charge in [-0.15, -0.1) is 22.7 Å². The summed E-state index contributed by atoms with van der Waals surface area (Å²) in [6.45, 7) is 13.7.